The highest BCUT2D eigenvalue weighted by Crippen LogP contribution is 2.33. The van der Waals surface area contributed by atoms with E-state index in [9.17, 15) is 14.7 Å². The van der Waals surface area contributed by atoms with Crippen LogP contribution >= 0.6 is 11.6 Å². The van der Waals surface area contributed by atoms with Crippen LogP contribution < -0.4 is 25.5 Å². The van der Waals surface area contributed by atoms with Crippen LogP contribution in [0.2, 0.25) is 5.02 Å². The van der Waals surface area contributed by atoms with Gasteiger partial charge in [-0.25, -0.2) is 9.18 Å². The van der Waals surface area contributed by atoms with Gasteiger partial charge in [0.15, 0.2) is 0 Å². The Morgan fingerprint density at radius 3 is 2.87 bits per heavy atom. The average molecular weight is 541 g/mol. The van der Waals surface area contributed by atoms with E-state index in [4.69, 9.17) is 26.8 Å². The fourth-order valence-electron chi connectivity index (χ4n) is 4.55. The van der Waals surface area contributed by atoms with Crippen molar-refractivity contribution in [1.82, 2.24) is 19.7 Å². The first-order valence-electron chi connectivity index (χ1n) is 11.6. The maximum Gasteiger partial charge on any atom is 0.341 e. The second-order valence-electron chi connectivity index (χ2n) is 8.65. The fraction of sp³-hybridized carbons (Fsp3) is 0.240. The Bertz CT molecular complexity index is 1610. The highest BCUT2D eigenvalue weighted by Gasteiger charge is 2.29. The summed E-state index contributed by atoms with van der Waals surface area (Å²) in [7, 11) is 1.48. The van der Waals surface area contributed by atoms with E-state index in [0.717, 1.165) is 12.5 Å². The molecule has 1 aliphatic rings. The van der Waals surface area contributed by atoms with Crippen LogP contribution in [0.25, 0.3) is 16.6 Å². The van der Waals surface area contributed by atoms with E-state index in [2.05, 4.69) is 15.2 Å². The van der Waals surface area contributed by atoms with E-state index in [-0.39, 0.29) is 40.9 Å². The van der Waals surface area contributed by atoms with Crippen molar-refractivity contribution in [3.63, 3.8) is 0 Å². The Balaban J connectivity index is 1.57. The van der Waals surface area contributed by atoms with Crippen molar-refractivity contribution in [1.29, 1.82) is 0 Å². The smallest absolute Gasteiger partial charge is 0.341 e. The first-order chi connectivity index (χ1) is 18.3. The number of carbonyl (C=O) groups is 1. The summed E-state index contributed by atoms with van der Waals surface area (Å²) in [5.41, 5.74) is 5.34. The third-order valence-corrected chi connectivity index (χ3v) is 6.62. The molecule has 0 aliphatic carbocycles. The molecule has 0 unspecified atom stereocenters. The van der Waals surface area contributed by atoms with Gasteiger partial charge in [0.2, 0.25) is 17.2 Å². The van der Waals surface area contributed by atoms with Crippen molar-refractivity contribution in [2.45, 2.75) is 18.9 Å². The highest BCUT2D eigenvalue weighted by atomic mass is 35.5. The van der Waals surface area contributed by atoms with E-state index in [1.807, 2.05) is 4.90 Å². The molecule has 1 saturated heterocycles. The van der Waals surface area contributed by atoms with Crippen molar-refractivity contribution in [3.8, 4) is 17.4 Å². The molecule has 4 heterocycles. The molecule has 196 valence electrons. The Labute approximate surface area is 220 Å². The van der Waals surface area contributed by atoms with Gasteiger partial charge in [0.1, 0.15) is 28.8 Å². The van der Waals surface area contributed by atoms with E-state index >= 15 is 4.39 Å². The molecule has 4 aromatic rings. The summed E-state index contributed by atoms with van der Waals surface area (Å²) in [5.74, 6) is -1.46. The van der Waals surface area contributed by atoms with Crippen molar-refractivity contribution < 1.29 is 23.8 Å². The zero-order valence-electron chi connectivity index (χ0n) is 20.1. The average Bonchev–Trinajstić information content (AvgIpc) is 3.36. The maximum atomic E-state index is 15.5. The van der Waals surface area contributed by atoms with E-state index in [1.165, 1.54) is 36.2 Å². The van der Waals surface area contributed by atoms with Crippen molar-refractivity contribution in [3.05, 3.63) is 69.4 Å². The number of anilines is 2. The lowest BCUT2D eigenvalue weighted by Gasteiger charge is -2.28. The molecule has 1 atom stereocenters. The lowest BCUT2D eigenvalue weighted by Crippen LogP contribution is -2.35. The van der Waals surface area contributed by atoms with Gasteiger partial charge in [-0.2, -0.15) is 10.1 Å². The number of hydrogen-bond acceptors (Lipinski definition) is 9. The molecule has 5 rings (SSSR count). The number of nitrogen functional groups attached to an aromatic ring is 1. The first kappa shape index (κ1) is 25.2. The third kappa shape index (κ3) is 4.65. The van der Waals surface area contributed by atoms with E-state index < -0.39 is 22.8 Å². The number of rotatable bonds is 7. The van der Waals surface area contributed by atoms with Gasteiger partial charge in [0.05, 0.1) is 36.2 Å². The van der Waals surface area contributed by atoms with Crippen LogP contribution in [0.3, 0.4) is 0 Å². The number of nitrogens with zero attached hydrogens (tertiary/aromatic N) is 5. The zero-order chi connectivity index (χ0) is 27.0. The lowest BCUT2D eigenvalue weighted by molar-refractivity contribution is 0.0695. The summed E-state index contributed by atoms with van der Waals surface area (Å²) in [6, 6.07) is 7.06. The quantitative estimate of drug-likeness (QED) is 0.358. The number of hydrogen-bond donors (Lipinski definition) is 2. The molecular formula is C25H22ClFN6O5. The van der Waals surface area contributed by atoms with Crippen LogP contribution in [-0.4, -0.2) is 57.1 Å². The number of aromatic carboxylic acids is 1. The molecule has 11 nitrogen and oxygen atoms in total. The second-order valence-corrected chi connectivity index (χ2v) is 9.05. The standard InChI is InChI=1S/C25H22ClFN6O5/c1-37-22-5-4-17(26)24(30-22)38-12-13-3-2-6-32(13)20-9-19-15(8-18(20)27)23(34)16(25(35)36)11-33(19)14-7-21(28)31-29-10-14/h4-5,7-11,13H,2-3,6,12H2,1H3,(H2,28,31)(H,35,36)/t13-/m1/s1. The molecule has 3 N–H and O–H groups in total. The van der Waals surface area contributed by atoms with E-state index in [0.29, 0.717) is 29.6 Å². The minimum atomic E-state index is -1.44. The Kier molecular flexibility index (Phi) is 6.72. The van der Waals surface area contributed by atoms with Crippen LogP contribution in [0.15, 0.2) is 47.5 Å². The van der Waals surface area contributed by atoms with Crippen molar-refractivity contribution in [2.75, 3.05) is 30.9 Å². The van der Waals surface area contributed by atoms with Crippen LogP contribution in [0.4, 0.5) is 15.9 Å². The third-order valence-electron chi connectivity index (χ3n) is 6.34. The topological polar surface area (TPSA) is 146 Å². The largest absolute Gasteiger partial charge is 0.481 e. The minimum absolute atomic E-state index is 0.0927. The van der Waals surface area contributed by atoms with Gasteiger partial charge in [-0.1, -0.05) is 11.6 Å². The molecule has 0 radical (unpaired) electrons. The van der Waals surface area contributed by atoms with Gasteiger partial charge in [-0.3, -0.25) is 4.79 Å². The molecule has 0 bridgehead atoms. The summed E-state index contributed by atoms with van der Waals surface area (Å²) >= 11 is 6.21. The second kappa shape index (κ2) is 10.1. The van der Waals surface area contributed by atoms with Crippen LogP contribution in [0.5, 0.6) is 11.8 Å². The number of benzene rings is 1. The summed E-state index contributed by atoms with van der Waals surface area (Å²) in [6.45, 7) is 0.712. The van der Waals surface area contributed by atoms with Crippen LogP contribution in [-0.2, 0) is 0 Å². The Morgan fingerprint density at radius 2 is 2.13 bits per heavy atom. The fourth-order valence-corrected chi connectivity index (χ4v) is 4.71. The summed E-state index contributed by atoms with van der Waals surface area (Å²) < 4.78 is 28.0. The van der Waals surface area contributed by atoms with Crippen molar-refractivity contribution in [2.24, 2.45) is 0 Å². The molecule has 13 heteroatoms. The van der Waals surface area contributed by atoms with Gasteiger partial charge in [-0.05, 0) is 31.0 Å². The molecule has 0 spiro atoms. The van der Waals surface area contributed by atoms with Gasteiger partial charge in [0, 0.05) is 30.3 Å². The predicted octanol–water partition coefficient (Wildman–Crippen LogP) is 3.31. The van der Waals surface area contributed by atoms with Gasteiger partial charge < -0.3 is 29.8 Å². The molecule has 1 aromatic carbocycles. The number of nitrogens with two attached hydrogens (primary N) is 1. The number of carboxylic acids is 1. The summed E-state index contributed by atoms with van der Waals surface area (Å²) in [4.78, 5) is 30.8. The summed E-state index contributed by atoms with van der Waals surface area (Å²) in [5, 5.41) is 17.3. The predicted molar refractivity (Wildman–Crippen MR) is 138 cm³/mol. The molecule has 3 aromatic heterocycles. The normalized spacial score (nSPS) is 15.1. The number of aromatic nitrogens is 4. The number of methoxy groups -OCH3 is 1. The molecule has 38 heavy (non-hydrogen) atoms. The maximum absolute atomic E-state index is 15.5. The molecule has 1 fully saturated rings. The van der Waals surface area contributed by atoms with Gasteiger partial charge >= 0.3 is 5.97 Å². The summed E-state index contributed by atoms with van der Waals surface area (Å²) in [6.07, 6.45) is 4.04. The first-order valence-corrected chi connectivity index (χ1v) is 12.0. The van der Waals surface area contributed by atoms with Gasteiger partial charge in [-0.15, -0.1) is 5.10 Å². The monoisotopic (exact) mass is 540 g/mol. The zero-order valence-corrected chi connectivity index (χ0v) is 20.9. The number of pyridine rings is 2. The van der Waals surface area contributed by atoms with Crippen molar-refractivity contribution >= 4 is 40.0 Å². The number of halogens is 2. The molecule has 0 saturated carbocycles. The number of ether oxygens (including phenoxy) is 2. The SMILES string of the molecule is COc1ccc(Cl)c(OC[C@H]2CCCN2c2cc3c(cc2F)c(=O)c(C(=O)O)cn3-c2cnnc(N)c2)n1. The number of carboxylic acid groups (broad SMARTS) is 1. The molecular weight excluding hydrogens is 519 g/mol. The lowest BCUT2D eigenvalue weighted by atomic mass is 10.1. The highest BCUT2D eigenvalue weighted by molar-refractivity contribution is 6.31. The molecule has 0 amide bonds. The van der Waals surface area contributed by atoms with Crippen LogP contribution in [0.1, 0.15) is 23.2 Å². The number of fused-ring (bicyclic) bond motifs is 1. The van der Waals surface area contributed by atoms with Gasteiger partial charge in [0.25, 0.3) is 0 Å². The molecule has 1 aliphatic heterocycles. The Morgan fingerprint density at radius 1 is 1.32 bits per heavy atom. The van der Waals surface area contributed by atoms with Crippen LogP contribution in [0, 0.1) is 5.82 Å². The minimum Gasteiger partial charge on any atom is -0.481 e. The Hall–Kier alpha value is -4.45. The van der Waals surface area contributed by atoms with E-state index in [1.54, 1.807) is 12.1 Å².